The Balaban J connectivity index is 1.92. The van der Waals surface area contributed by atoms with Gasteiger partial charge in [-0.15, -0.1) is 0 Å². The molecule has 2 aromatic rings. The van der Waals surface area contributed by atoms with Crippen molar-refractivity contribution < 1.29 is 19.3 Å². The molecule has 0 radical (unpaired) electrons. The Morgan fingerprint density at radius 2 is 1.81 bits per heavy atom. The Hall–Kier alpha value is -2.20. The summed E-state index contributed by atoms with van der Waals surface area (Å²) in [6, 6.07) is 13.3. The number of rotatable bonds is 3. The van der Waals surface area contributed by atoms with E-state index in [9.17, 15) is 5.11 Å². The highest BCUT2D eigenvalue weighted by atomic mass is 16.5. The van der Waals surface area contributed by atoms with E-state index in [4.69, 9.17) is 14.2 Å². The number of aliphatic hydroxyl groups excluding tert-OH is 1. The van der Waals surface area contributed by atoms with E-state index in [0.717, 1.165) is 16.9 Å². The highest BCUT2D eigenvalue weighted by Crippen LogP contribution is 2.42. The van der Waals surface area contributed by atoms with Gasteiger partial charge in [-0.05, 0) is 23.8 Å². The Morgan fingerprint density at radius 1 is 1.05 bits per heavy atom. The van der Waals surface area contributed by atoms with Gasteiger partial charge in [0.2, 0.25) is 0 Å². The topological polar surface area (TPSA) is 47.9 Å². The average molecular weight is 286 g/mol. The van der Waals surface area contributed by atoms with Crippen LogP contribution in [0.5, 0.6) is 17.2 Å². The largest absolute Gasteiger partial charge is 0.493 e. The third-order valence-corrected chi connectivity index (χ3v) is 3.76. The lowest BCUT2D eigenvalue weighted by Gasteiger charge is -2.30. The van der Waals surface area contributed by atoms with Gasteiger partial charge in [-0.3, -0.25) is 0 Å². The van der Waals surface area contributed by atoms with E-state index >= 15 is 0 Å². The molecule has 0 spiro atoms. The first kappa shape index (κ1) is 13.8. The Kier molecular flexibility index (Phi) is 3.71. The van der Waals surface area contributed by atoms with Gasteiger partial charge < -0.3 is 19.3 Å². The average Bonchev–Trinajstić information content (AvgIpc) is 2.54. The van der Waals surface area contributed by atoms with Gasteiger partial charge in [0.15, 0.2) is 11.5 Å². The van der Waals surface area contributed by atoms with Gasteiger partial charge in [-0.2, -0.15) is 0 Å². The van der Waals surface area contributed by atoms with Crippen molar-refractivity contribution in [3.8, 4) is 17.2 Å². The van der Waals surface area contributed by atoms with E-state index < -0.39 is 6.10 Å². The summed E-state index contributed by atoms with van der Waals surface area (Å²) in [5, 5.41) is 10.3. The van der Waals surface area contributed by atoms with Crippen LogP contribution >= 0.6 is 0 Å². The fraction of sp³-hybridized carbons (Fsp3) is 0.294. The van der Waals surface area contributed by atoms with Crippen molar-refractivity contribution >= 4 is 0 Å². The van der Waals surface area contributed by atoms with Crippen LogP contribution in [0.4, 0.5) is 0 Å². The molecule has 0 amide bonds. The van der Waals surface area contributed by atoms with E-state index in [2.05, 4.69) is 0 Å². The van der Waals surface area contributed by atoms with Crippen LogP contribution in [0.3, 0.4) is 0 Å². The number of hydrogen-bond acceptors (Lipinski definition) is 4. The van der Waals surface area contributed by atoms with Crippen LogP contribution in [-0.2, 0) is 0 Å². The number of methoxy groups -OCH3 is 2. The fourth-order valence-corrected chi connectivity index (χ4v) is 2.65. The quantitative estimate of drug-likeness (QED) is 0.941. The van der Waals surface area contributed by atoms with Crippen molar-refractivity contribution in [1.82, 2.24) is 0 Å². The van der Waals surface area contributed by atoms with Gasteiger partial charge in [-0.1, -0.05) is 24.3 Å². The lowest BCUT2D eigenvalue weighted by Crippen LogP contribution is -2.19. The number of aliphatic hydroxyl groups is 1. The Bertz CT molecular complexity index is 638. The lowest BCUT2D eigenvalue weighted by atomic mass is 9.95. The number of hydrogen-bond donors (Lipinski definition) is 1. The Morgan fingerprint density at radius 3 is 2.57 bits per heavy atom. The maximum Gasteiger partial charge on any atom is 0.161 e. The molecule has 21 heavy (non-hydrogen) atoms. The summed E-state index contributed by atoms with van der Waals surface area (Å²) in [4.78, 5) is 0. The summed E-state index contributed by atoms with van der Waals surface area (Å²) < 4.78 is 16.6. The third kappa shape index (κ3) is 2.54. The smallest absolute Gasteiger partial charge is 0.161 e. The first-order chi connectivity index (χ1) is 10.2. The van der Waals surface area contributed by atoms with Crippen LogP contribution in [0.1, 0.15) is 29.8 Å². The summed E-state index contributed by atoms with van der Waals surface area (Å²) in [5.74, 6) is 2.07. The minimum absolute atomic E-state index is 0.199. The van der Waals surface area contributed by atoms with Crippen LogP contribution in [0.15, 0.2) is 42.5 Å². The van der Waals surface area contributed by atoms with Crippen LogP contribution < -0.4 is 14.2 Å². The SMILES string of the molecule is COc1ccc([C@H]2C[C@H](O)c3ccccc3O2)cc1OC. The molecular formula is C17H18O4. The van der Waals surface area contributed by atoms with E-state index in [-0.39, 0.29) is 6.10 Å². The second-order valence-corrected chi connectivity index (χ2v) is 5.01. The van der Waals surface area contributed by atoms with Gasteiger partial charge in [0.05, 0.1) is 20.3 Å². The molecule has 0 saturated heterocycles. The number of ether oxygens (including phenoxy) is 3. The molecule has 4 heteroatoms. The van der Waals surface area contributed by atoms with Crippen molar-refractivity contribution in [2.24, 2.45) is 0 Å². The molecule has 0 aliphatic carbocycles. The first-order valence-electron chi connectivity index (χ1n) is 6.88. The standard InChI is InChI=1S/C17H18O4/c1-19-15-8-7-11(9-17(15)20-2)16-10-13(18)12-5-3-4-6-14(12)21-16/h3-9,13,16,18H,10H2,1-2H3/t13-,16+/m0/s1. The number of para-hydroxylation sites is 1. The van der Waals surface area contributed by atoms with Crippen molar-refractivity contribution in [3.05, 3.63) is 53.6 Å². The minimum atomic E-state index is -0.520. The molecule has 0 saturated carbocycles. The van der Waals surface area contributed by atoms with Crippen LogP contribution in [0, 0.1) is 0 Å². The summed E-state index contributed by atoms with van der Waals surface area (Å²) in [7, 11) is 3.21. The van der Waals surface area contributed by atoms with Crippen LogP contribution in [0.25, 0.3) is 0 Å². The molecule has 0 aromatic heterocycles. The molecule has 0 fully saturated rings. The summed E-state index contributed by atoms with van der Waals surface area (Å²) in [6.45, 7) is 0. The summed E-state index contributed by atoms with van der Waals surface area (Å²) in [6.07, 6.45) is -0.199. The van der Waals surface area contributed by atoms with Gasteiger partial charge >= 0.3 is 0 Å². The van der Waals surface area contributed by atoms with Crippen molar-refractivity contribution in [2.75, 3.05) is 14.2 Å². The Labute approximate surface area is 123 Å². The molecule has 4 nitrogen and oxygen atoms in total. The van der Waals surface area contributed by atoms with Gasteiger partial charge in [0, 0.05) is 12.0 Å². The maximum absolute atomic E-state index is 10.3. The summed E-state index contributed by atoms with van der Waals surface area (Å²) >= 11 is 0. The van der Waals surface area contributed by atoms with E-state index in [1.165, 1.54) is 0 Å². The van der Waals surface area contributed by atoms with Crippen molar-refractivity contribution in [3.63, 3.8) is 0 Å². The molecule has 1 heterocycles. The van der Waals surface area contributed by atoms with Crippen LogP contribution in [-0.4, -0.2) is 19.3 Å². The molecule has 2 aromatic carbocycles. The van der Waals surface area contributed by atoms with E-state index in [1.54, 1.807) is 14.2 Å². The maximum atomic E-state index is 10.3. The minimum Gasteiger partial charge on any atom is -0.493 e. The van der Waals surface area contributed by atoms with Gasteiger partial charge in [-0.25, -0.2) is 0 Å². The third-order valence-electron chi connectivity index (χ3n) is 3.76. The van der Waals surface area contributed by atoms with Gasteiger partial charge in [0.25, 0.3) is 0 Å². The highest BCUT2D eigenvalue weighted by molar-refractivity contribution is 5.45. The zero-order valence-corrected chi connectivity index (χ0v) is 12.1. The molecule has 3 rings (SSSR count). The fourth-order valence-electron chi connectivity index (χ4n) is 2.65. The first-order valence-corrected chi connectivity index (χ1v) is 6.88. The summed E-state index contributed by atoms with van der Waals surface area (Å²) in [5.41, 5.74) is 1.80. The van der Waals surface area contributed by atoms with Gasteiger partial charge in [0.1, 0.15) is 11.9 Å². The van der Waals surface area contributed by atoms with Crippen LogP contribution in [0.2, 0.25) is 0 Å². The predicted octanol–water partition coefficient (Wildman–Crippen LogP) is 3.26. The van der Waals surface area contributed by atoms with E-state index in [0.29, 0.717) is 17.9 Å². The molecule has 1 aliphatic heterocycles. The molecular weight excluding hydrogens is 268 g/mol. The number of fused-ring (bicyclic) bond motifs is 1. The lowest BCUT2D eigenvalue weighted by molar-refractivity contribution is 0.0656. The monoisotopic (exact) mass is 286 g/mol. The molecule has 0 unspecified atom stereocenters. The zero-order valence-electron chi connectivity index (χ0n) is 12.1. The predicted molar refractivity (Wildman–Crippen MR) is 78.9 cm³/mol. The normalized spacial score (nSPS) is 20.3. The molecule has 1 aliphatic rings. The molecule has 1 N–H and O–H groups in total. The van der Waals surface area contributed by atoms with E-state index in [1.807, 2.05) is 42.5 Å². The number of benzene rings is 2. The zero-order chi connectivity index (χ0) is 14.8. The second kappa shape index (κ2) is 5.66. The molecule has 2 atom stereocenters. The molecule has 0 bridgehead atoms. The molecule has 110 valence electrons. The second-order valence-electron chi connectivity index (χ2n) is 5.01. The van der Waals surface area contributed by atoms with Crippen molar-refractivity contribution in [2.45, 2.75) is 18.6 Å². The van der Waals surface area contributed by atoms with Crippen molar-refractivity contribution in [1.29, 1.82) is 0 Å². The highest BCUT2D eigenvalue weighted by Gasteiger charge is 2.28.